The molecule has 4 nitrogen and oxygen atoms in total. The van der Waals surface area contributed by atoms with Crippen LogP contribution >= 0.6 is 0 Å². The highest BCUT2D eigenvalue weighted by Crippen LogP contribution is 2.31. The lowest BCUT2D eigenvalue weighted by molar-refractivity contribution is 0.373. The third-order valence-electron chi connectivity index (χ3n) is 3.10. The lowest BCUT2D eigenvalue weighted by atomic mass is 10.1. The van der Waals surface area contributed by atoms with Gasteiger partial charge in [0, 0.05) is 11.6 Å². The van der Waals surface area contributed by atoms with E-state index in [0.717, 1.165) is 0 Å². The molecule has 0 aliphatic carbocycles. The molecule has 1 aromatic heterocycles. The van der Waals surface area contributed by atoms with Gasteiger partial charge < -0.3 is 14.3 Å². The van der Waals surface area contributed by atoms with Crippen molar-refractivity contribution in [2.24, 2.45) is 0 Å². The molecular weight excluding hydrogens is 256 g/mol. The van der Waals surface area contributed by atoms with Crippen LogP contribution < -0.4 is 10.2 Å². The molecule has 2 aromatic carbocycles. The van der Waals surface area contributed by atoms with Gasteiger partial charge in [-0.3, -0.25) is 4.79 Å². The van der Waals surface area contributed by atoms with Crippen LogP contribution in [-0.4, -0.2) is 12.2 Å². The molecule has 1 heterocycles. The van der Waals surface area contributed by atoms with Crippen molar-refractivity contribution in [2.45, 2.75) is 0 Å². The van der Waals surface area contributed by atoms with Gasteiger partial charge in [-0.05, 0) is 30.3 Å². The van der Waals surface area contributed by atoms with Crippen molar-refractivity contribution in [1.29, 1.82) is 0 Å². The topological polar surface area (TPSA) is 59.7 Å². The summed E-state index contributed by atoms with van der Waals surface area (Å²) < 4.78 is 10.7. The number of hydrogen-bond donors (Lipinski definition) is 1. The normalized spacial score (nSPS) is 10.7. The molecule has 0 bridgehead atoms. The molecule has 0 aliphatic heterocycles. The average molecular weight is 268 g/mol. The van der Waals surface area contributed by atoms with Gasteiger partial charge in [-0.1, -0.05) is 12.1 Å². The Morgan fingerprint density at radius 3 is 2.65 bits per heavy atom. The molecule has 0 fully saturated rings. The molecule has 100 valence electrons. The van der Waals surface area contributed by atoms with Crippen LogP contribution in [0.2, 0.25) is 0 Å². The first kappa shape index (κ1) is 12.3. The van der Waals surface area contributed by atoms with Gasteiger partial charge in [0.15, 0.2) is 16.9 Å². The number of benzene rings is 2. The number of fused-ring (bicyclic) bond motifs is 1. The van der Waals surface area contributed by atoms with Gasteiger partial charge in [0.1, 0.15) is 11.3 Å². The Morgan fingerprint density at radius 1 is 1.10 bits per heavy atom. The van der Waals surface area contributed by atoms with E-state index in [1.807, 2.05) is 0 Å². The minimum absolute atomic E-state index is 0.000748. The number of hydrogen-bond acceptors (Lipinski definition) is 4. The Kier molecular flexibility index (Phi) is 2.91. The average Bonchev–Trinajstić information content (AvgIpc) is 2.47. The van der Waals surface area contributed by atoms with E-state index in [-0.39, 0.29) is 11.2 Å². The summed E-state index contributed by atoms with van der Waals surface area (Å²) in [4.78, 5) is 12.0. The van der Waals surface area contributed by atoms with E-state index < -0.39 is 0 Å². The van der Waals surface area contributed by atoms with Gasteiger partial charge in [0.25, 0.3) is 0 Å². The molecule has 3 rings (SSSR count). The zero-order valence-corrected chi connectivity index (χ0v) is 10.8. The third-order valence-corrected chi connectivity index (χ3v) is 3.10. The monoisotopic (exact) mass is 268 g/mol. The second-order valence-corrected chi connectivity index (χ2v) is 4.36. The predicted octanol–water partition coefficient (Wildman–Crippen LogP) is 3.17. The second kappa shape index (κ2) is 4.74. The molecule has 0 atom stereocenters. The van der Waals surface area contributed by atoms with Crippen molar-refractivity contribution in [3.8, 4) is 22.8 Å². The number of rotatable bonds is 2. The summed E-state index contributed by atoms with van der Waals surface area (Å²) in [7, 11) is 1.48. The molecule has 3 aromatic rings. The van der Waals surface area contributed by atoms with E-state index in [0.29, 0.717) is 28.0 Å². The maximum absolute atomic E-state index is 12.0. The fourth-order valence-corrected chi connectivity index (χ4v) is 2.09. The molecule has 0 aliphatic rings. The Hall–Kier alpha value is -2.75. The van der Waals surface area contributed by atoms with Gasteiger partial charge in [-0.25, -0.2) is 0 Å². The van der Waals surface area contributed by atoms with Crippen LogP contribution in [0.3, 0.4) is 0 Å². The van der Waals surface area contributed by atoms with Gasteiger partial charge in [0.05, 0.1) is 12.5 Å². The quantitative estimate of drug-likeness (QED) is 0.775. The summed E-state index contributed by atoms with van der Waals surface area (Å²) in [5.74, 6) is 0.782. The van der Waals surface area contributed by atoms with E-state index in [4.69, 9.17) is 9.15 Å². The number of aromatic hydroxyl groups is 1. The molecular formula is C16H12O4. The minimum atomic E-state index is -0.114. The van der Waals surface area contributed by atoms with E-state index in [1.54, 1.807) is 36.4 Å². The molecule has 0 spiro atoms. The van der Waals surface area contributed by atoms with E-state index in [9.17, 15) is 9.90 Å². The lowest BCUT2D eigenvalue weighted by Gasteiger charge is -2.06. The molecule has 0 saturated carbocycles. The highest BCUT2D eigenvalue weighted by Gasteiger charge is 2.09. The Balaban J connectivity index is 2.19. The molecule has 20 heavy (non-hydrogen) atoms. The minimum Gasteiger partial charge on any atom is -0.504 e. The van der Waals surface area contributed by atoms with Gasteiger partial charge in [0.2, 0.25) is 0 Å². The smallest absolute Gasteiger partial charge is 0.193 e. The van der Waals surface area contributed by atoms with Crippen molar-refractivity contribution in [1.82, 2.24) is 0 Å². The summed E-state index contributed by atoms with van der Waals surface area (Å²) in [6, 6.07) is 13.3. The number of phenols is 1. The predicted molar refractivity (Wildman–Crippen MR) is 76.1 cm³/mol. The zero-order chi connectivity index (χ0) is 14.1. The Labute approximate surface area is 114 Å². The Bertz CT molecular complexity index is 833. The molecule has 0 saturated heterocycles. The number of para-hydroxylation sites is 1. The second-order valence-electron chi connectivity index (χ2n) is 4.36. The molecule has 0 amide bonds. The summed E-state index contributed by atoms with van der Waals surface area (Å²) in [5.41, 5.74) is 1.02. The van der Waals surface area contributed by atoms with Gasteiger partial charge >= 0.3 is 0 Å². The van der Waals surface area contributed by atoms with Crippen LogP contribution in [0.1, 0.15) is 0 Å². The highest BCUT2D eigenvalue weighted by molar-refractivity contribution is 5.78. The first-order valence-electron chi connectivity index (χ1n) is 6.09. The molecule has 0 radical (unpaired) electrons. The third kappa shape index (κ3) is 2.01. The van der Waals surface area contributed by atoms with E-state index >= 15 is 0 Å². The van der Waals surface area contributed by atoms with Crippen molar-refractivity contribution >= 4 is 11.0 Å². The van der Waals surface area contributed by atoms with Crippen LogP contribution in [0, 0.1) is 0 Å². The molecule has 0 unspecified atom stereocenters. The van der Waals surface area contributed by atoms with Crippen LogP contribution in [0.4, 0.5) is 0 Å². The number of ether oxygens (including phenoxy) is 1. The van der Waals surface area contributed by atoms with Crippen LogP contribution in [0.5, 0.6) is 11.5 Å². The fraction of sp³-hybridized carbons (Fsp3) is 0.0625. The molecule has 4 heteroatoms. The lowest BCUT2D eigenvalue weighted by Crippen LogP contribution is -1.99. The van der Waals surface area contributed by atoms with Crippen LogP contribution in [0.15, 0.2) is 57.7 Å². The summed E-state index contributed by atoms with van der Waals surface area (Å²) in [5, 5.41) is 10.3. The number of methoxy groups -OCH3 is 1. The van der Waals surface area contributed by atoms with Crippen molar-refractivity contribution in [2.75, 3.05) is 7.11 Å². The fourth-order valence-electron chi connectivity index (χ4n) is 2.09. The summed E-state index contributed by atoms with van der Waals surface area (Å²) >= 11 is 0. The standard InChI is InChI=1S/C16H12O4/c1-19-15-7-6-10(8-13(15)18)16-9-12(17)11-4-2-3-5-14(11)20-16/h2-9,18H,1H3. The number of phenolic OH excluding ortho intramolecular Hbond substituents is 1. The van der Waals surface area contributed by atoms with Crippen LogP contribution in [0.25, 0.3) is 22.3 Å². The largest absolute Gasteiger partial charge is 0.504 e. The molecule has 1 N–H and O–H groups in total. The van der Waals surface area contributed by atoms with Gasteiger partial charge in [-0.2, -0.15) is 0 Å². The highest BCUT2D eigenvalue weighted by atomic mass is 16.5. The van der Waals surface area contributed by atoms with E-state index in [2.05, 4.69) is 0 Å². The van der Waals surface area contributed by atoms with Crippen LogP contribution in [-0.2, 0) is 0 Å². The zero-order valence-electron chi connectivity index (χ0n) is 10.8. The van der Waals surface area contributed by atoms with Gasteiger partial charge in [-0.15, -0.1) is 0 Å². The van der Waals surface area contributed by atoms with Crippen molar-refractivity contribution in [3.63, 3.8) is 0 Å². The first-order valence-corrected chi connectivity index (χ1v) is 6.09. The SMILES string of the molecule is COc1ccc(-c2cc(=O)c3ccccc3o2)cc1O. The maximum Gasteiger partial charge on any atom is 0.193 e. The Morgan fingerprint density at radius 2 is 1.90 bits per heavy atom. The van der Waals surface area contributed by atoms with Crippen molar-refractivity contribution < 1.29 is 14.3 Å². The summed E-state index contributed by atoms with van der Waals surface area (Å²) in [6.45, 7) is 0. The first-order chi connectivity index (χ1) is 9.69. The maximum atomic E-state index is 12.0. The van der Waals surface area contributed by atoms with E-state index in [1.165, 1.54) is 19.2 Å². The summed E-state index contributed by atoms with van der Waals surface area (Å²) in [6.07, 6.45) is 0. The van der Waals surface area contributed by atoms with Crippen molar-refractivity contribution in [3.05, 3.63) is 58.8 Å².